The van der Waals surface area contributed by atoms with Crippen molar-refractivity contribution in [3.63, 3.8) is 0 Å². The Hall–Kier alpha value is -4.27. The molecule has 0 radical (unpaired) electrons. The molecule has 0 bridgehead atoms. The van der Waals surface area contributed by atoms with Crippen LogP contribution in [0.4, 0.5) is 16.2 Å². The zero-order valence-electron chi connectivity index (χ0n) is 20.0. The summed E-state index contributed by atoms with van der Waals surface area (Å²) in [7, 11) is 0. The van der Waals surface area contributed by atoms with E-state index in [1.54, 1.807) is 6.20 Å². The number of anilines is 2. The Morgan fingerprint density at radius 1 is 1.08 bits per heavy atom. The topological polar surface area (TPSA) is 84.8 Å². The van der Waals surface area contributed by atoms with Gasteiger partial charge in [0, 0.05) is 74.6 Å². The van der Waals surface area contributed by atoms with Crippen molar-refractivity contribution in [1.82, 2.24) is 34.1 Å². The molecule has 9 nitrogen and oxygen atoms in total. The zero-order chi connectivity index (χ0) is 24.1. The molecule has 4 aromatic rings. The van der Waals surface area contributed by atoms with Crippen LogP contribution in [0.2, 0.25) is 0 Å². The van der Waals surface area contributed by atoms with Gasteiger partial charge in [0.05, 0.1) is 11.4 Å². The molecule has 4 aromatic heterocycles. The lowest BCUT2D eigenvalue weighted by atomic mass is 10.0. The largest absolute Gasteiger partial charge is 0.371 e. The fourth-order valence-electron chi connectivity index (χ4n) is 5.55. The first kappa shape index (κ1) is 21.0. The van der Waals surface area contributed by atoms with Gasteiger partial charge < -0.3 is 29.4 Å². The number of nitrogens with zero attached hydrogens (tertiary/aromatic N) is 6. The molecule has 7 heterocycles. The Kier molecular flexibility index (Phi) is 4.93. The summed E-state index contributed by atoms with van der Waals surface area (Å²) in [5.74, 6) is 0. The summed E-state index contributed by atoms with van der Waals surface area (Å²) < 4.78 is 1.99. The number of carbonyl (C=O) groups excluding carboxylic acids is 1. The number of hydrogen-bond acceptors (Lipinski definition) is 5. The summed E-state index contributed by atoms with van der Waals surface area (Å²) in [6.45, 7) is 3.90. The lowest BCUT2D eigenvalue weighted by molar-refractivity contribution is 0.109. The van der Waals surface area contributed by atoms with Gasteiger partial charge in [-0.25, -0.2) is 14.8 Å². The van der Waals surface area contributed by atoms with Crippen LogP contribution in [0, 0.1) is 0 Å². The zero-order valence-corrected chi connectivity index (χ0v) is 20.0. The number of imidazole rings is 1. The lowest BCUT2D eigenvalue weighted by Crippen LogP contribution is -2.55. The van der Waals surface area contributed by atoms with Crippen molar-refractivity contribution in [1.29, 1.82) is 0 Å². The van der Waals surface area contributed by atoms with Gasteiger partial charge in [-0.05, 0) is 48.9 Å². The van der Waals surface area contributed by atoms with Gasteiger partial charge in [0.2, 0.25) is 0 Å². The van der Waals surface area contributed by atoms with E-state index in [9.17, 15) is 4.79 Å². The molecule has 2 N–H and O–H groups in total. The highest BCUT2D eigenvalue weighted by atomic mass is 16.2. The van der Waals surface area contributed by atoms with E-state index < -0.39 is 0 Å². The van der Waals surface area contributed by atoms with E-state index in [-0.39, 0.29) is 6.03 Å². The number of amides is 2. The van der Waals surface area contributed by atoms with E-state index in [2.05, 4.69) is 49.6 Å². The summed E-state index contributed by atoms with van der Waals surface area (Å²) in [6, 6.07) is 8.79. The molecule has 1 atom stereocenters. The summed E-state index contributed by atoms with van der Waals surface area (Å²) in [4.78, 5) is 31.9. The number of nitrogens with one attached hydrogen (secondary N) is 2. The molecule has 1 unspecified atom stereocenters. The Morgan fingerprint density at radius 2 is 2.06 bits per heavy atom. The van der Waals surface area contributed by atoms with Gasteiger partial charge in [0.25, 0.3) is 0 Å². The minimum Gasteiger partial charge on any atom is -0.371 e. The van der Waals surface area contributed by atoms with Gasteiger partial charge in [0.15, 0.2) is 0 Å². The van der Waals surface area contributed by atoms with Gasteiger partial charge in [0.1, 0.15) is 11.3 Å². The average Bonchev–Trinajstić information content (AvgIpc) is 3.67. The van der Waals surface area contributed by atoms with Gasteiger partial charge in [-0.3, -0.25) is 0 Å². The quantitative estimate of drug-likeness (QED) is 0.462. The first-order valence-electron chi connectivity index (χ1n) is 12.5. The summed E-state index contributed by atoms with van der Waals surface area (Å²) >= 11 is 0. The van der Waals surface area contributed by atoms with Crippen molar-refractivity contribution in [2.45, 2.75) is 18.9 Å². The second-order valence-electron chi connectivity index (χ2n) is 9.71. The molecule has 2 amide bonds. The van der Waals surface area contributed by atoms with E-state index in [0.29, 0.717) is 12.6 Å². The maximum atomic E-state index is 13.2. The number of hydrogen-bond donors (Lipinski definition) is 2. The van der Waals surface area contributed by atoms with Crippen LogP contribution >= 0.6 is 0 Å². The van der Waals surface area contributed by atoms with Crippen LogP contribution < -0.4 is 5.32 Å². The fourth-order valence-corrected chi connectivity index (χ4v) is 5.55. The van der Waals surface area contributed by atoms with Crippen LogP contribution in [-0.4, -0.2) is 78.8 Å². The molecular weight excluding hydrogens is 452 g/mol. The van der Waals surface area contributed by atoms with Gasteiger partial charge in [-0.1, -0.05) is 12.2 Å². The maximum Gasteiger partial charge on any atom is 0.320 e. The SMILES string of the molecule is O=C(N1CC=C(c2cc3c(Nc4ccc5nccn5c4)ccnc3[nH]2)CC1)N1CCN2C=CCC2C1. The summed E-state index contributed by atoms with van der Waals surface area (Å²) in [6.07, 6.45) is 16.0. The molecule has 0 saturated carbocycles. The number of fused-ring (bicyclic) bond motifs is 3. The molecule has 0 aliphatic carbocycles. The maximum absolute atomic E-state index is 13.2. The number of carbonyl (C=O) groups is 1. The molecule has 0 spiro atoms. The Bertz CT molecular complexity index is 1510. The molecule has 3 aliphatic heterocycles. The minimum absolute atomic E-state index is 0.163. The predicted octanol–water partition coefficient (Wildman–Crippen LogP) is 4.07. The Morgan fingerprint density at radius 3 is 2.97 bits per heavy atom. The molecule has 9 heteroatoms. The number of aromatic amines is 1. The van der Waals surface area contributed by atoms with E-state index in [1.165, 1.54) is 5.57 Å². The molecule has 36 heavy (non-hydrogen) atoms. The number of urea groups is 1. The normalized spacial score (nSPS) is 19.7. The van der Waals surface area contributed by atoms with Crippen LogP contribution in [0.15, 0.2) is 67.4 Å². The Balaban J connectivity index is 1.07. The average molecular weight is 481 g/mol. The van der Waals surface area contributed by atoms with Crippen LogP contribution in [0.25, 0.3) is 22.3 Å². The molecule has 1 fully saturated rings. The van der Waals surface area contributed by atoms with Crippen LogP contribution in [0.5, 0.6) is 0 Å². The predicted molar refractivity (Wildman–Crippen MR) is 140 cm³/mol. The van der Waals surface area contributed by atoms with E-state index in [0.717, 1.165) is 72.8 Å². The molecule has 1 saturated heterocycles. The standard InChI is InChI=1S/C27H28N8O/c36-27(35-15-14-32-10-1-2-21(32)18-35)33-11-6-19(7-12-33)24-16-22-23(5-8-29-26(22)31-24)30-20-3-4-25-28-9-13-34(25)17-20/h1,3-6,8-10,13,16-17,21H,2,7,11-12,14-15,18H2,(H2,29,30,31). The van der Waals surface area contributed by atoms with Crippen molar-refractivity contribution < 1.29 is 4.79 Å². The van der Waals surface area contributed by atoms with Gasteiger partial charge >= 0.3 is 6.03 Å². The van der Waals surface area contributed by atoms with E-state index in [1.807, 2.05) is 51.0 Å². The molecule has 7 rings (SSSR count). The summed E-state index contributed by atoms with van der Waals surface area (Å²) in [5.41, 5.74) is 6.04. The van der Waals surface area contributed by atoms with Crippen LogP contribution in [0.3, 0.4) is 0 Å². The molecule has 182 valence electrons. The first-order chi connectivity index (χ1) is 17.7. The monoisotopic (exact) mass is 480 g/mol. The molecular formula is C27H28N8O. The highest BCUT2D eigenvalue weighted by molar-refractivity contribution is 5.94. The molecule has 0 aromatic carbocycles. The third kappa shape index (κ3) is 3.67. The van der Waals surface area contributed by atoms with Crippen molar-refractivity contribution in [2.24, 2.45) is 0 Å². The number of piperazine rings is 1. The van der Waals surface area contributed by atoms with E-state index >= 15 is 0 Å². The third-order valence-corrected chi connectivity index (χ3v) is 7.53. The second-order valence-corrected chi connectivity index (χ2v) is 9.71. The van der Waals surface area contributed by atoms with Crippen molar-refractivity contribution in [3.05, 3.63) is 73.1 Å². The number of pyridine rings is 2. The fraction of sp³-hybridized carbons (Fsp3) is 0.296. The number of aromatic nitrogens is 4. The van der Waals surface area contributed by atoms with Crippen LogP contribution in [0.1, 0.15) is 18.5 Å². The van der Waals surface area contributed by atoms with E-state index in [4.69, 9.17) is 0 Å². The number of H-pyrrole nitrogens is 1. The summed E-state index contributed by atoms with van der Waals surface area (Å²) in [5, 5.41) is 4.57. The molecule has 3 aliphatic rings. The first-order valence-corrected chi connectivity index (χ1v) is 12.5. The van der Waals surface area contributed by atoms with Crippen LogP contribution in [-0.2, 0) is 0 Å². The van der Waals surface area contributed by atoms with Gasteiger partial charge in [-0.15, -0.1) is 0 Å². The smallest absolute Gasteiger partial charge is 0.320 e. The highest BCUT2D eigenvalue weighted by Crippen LogP contribution is 2.31. The number of rotatable bonds is 3. The highest BCUT2D eigenvalue weighted by Gasteiger charge is 2.32. The third-order valence-electron chi connectivity index (χ3n) is 7.53. The van der Waals surface area contributed by atoms with Crippen molar-refractivity contribution in [2.75, 3.05) is 38.0 Å². The van der Waals surface area contributed by atoms with Gasteiger partial charge in [-0.2, -0.15) is 0 Å². The Labute approximate surface area is 208 Å². The van der Waals surface area contributed by atoms with Crippen molar-refractivity contribution in [3.8, 4) is 0 Å². The second kappa shape index (κ2) is 8.44. The lowest BCUT2D eigenvalue weighted by Gasteiger charge is -2.40. The minimum atomic E-state index is 0.163. The van der Waals surface area contributed by atoms with Crippen molar-refractivity contribution >= 4 is 39.7 Å².